The summed E-state index contributed by atoms with van der Waals surface area (Å²) in [4.78, 5) is 20.8. The molecule has 6 heteroatoms. The molecule has 2 rings (SSSR count). The normalized spacial score (nSPS) is 10.1. The van der Waals surface area contributed by atoms with Gasteiger partial charge in [0.2, 0.25) is 5.76 Å². The summed E-state index contributed by atoms with van der Waals surface area (Å²) in [5.41, 5.74) is 0.906. The molecule has 86 valence electrons. The average Bonchev–Trinajstić information content (AvgIpc) is 2.78. The van der Waals surface area contributed by atoms with E-state index >= 15 is 0 Å². The van der Waals surface area contributed by atoms with E-state index in [0.717, 1.165) is 0 Å². The highest BCUT2D eigenvalue weighted by atomic mass is 16.6. The summed E-state index contributed by atoms with van der Waals surface area (Å²) >= 11 is 0. The quantitative estimate of drug-likeness (QED) is 0.649. The zero-order chi connectivity index (χ0) is 12.4. The Kier molecular flexibility index (Phi) is 2.61. The maximum Gasteiger partial charge on any atom is 0.372 e. The summed E-state index contributed by atoms with van der Waals surface area (Å²) < 4.78 is 4.82. The molecule has 0 amide bonds. The van der Waals surface area contributed by atoms with Gasteiger partial charge in [-0.3, -0.25) is 10.1 Å². The first-order valence-electron chi connectivity index (χ1n) is 4.65. The largest absolute Gasteiger partial charge is 0.475 e. The minimum atomic E-state index is -1.18. The molecule has 0 saturated carbocycles. The van der Waals surface area contributed by atoms with E-state index < -0.39 is 10.9 Å². The number of rotatable bonds is 3. The monoisotopic (exact) mass is 233 g/mol. The van der Waals surface area contributed by atoms with Gasteiger partial charge < -0.3 is 9.52 Å². The fraction of sp³-hybridized carbons (Fsp3) is 0. The van der Waals surface area contributed by atoms with Crippen LogP contribution in [-0.4, -0.2) is 16.0 Å². The Hall–Kier alpha value is -2.63. The molecule has 0 aliphatic heterocycles. The number of aromatic carboxylic acids is 1. The van der Waals surface area contributed by atoms with Gasteiger partial charge in [0.1, 0.15) is 0 Å². The van der Waals surface area contributed by atoms with Crippen molar-refractivity contribution in [3.63, 3.8) is 0 Å². The van der Waals surface area contributed by atoms with Crippen LogP contribution in [0.25, 0.3) is 11.1 Å². The molecule has 0 saturated heterocycles. The summed E-state index contributed by atoms with van der Waals surface area (Å²) in [5, 5.41) is 19.3. The summed E-state index contributed by atoms with van der Waals surface area (Å²) in [5.74, 6) is -1.36. The van der Waals surface area contributed by atoms with Gasteiger partial charge >= 0.3 is 5.97 Å². The lowest BCUT2D eigenvalue weighted by Gasteiger charge is -1.98. The number of non-ortho nitro benzene ring substituents is 1. The Morgan fingerprint density at radius 1 is 1.24 bits per heavy atom. The first-order chi connectivity index (χ1) is 8.09. The number of hydrogen-bond acceptors (Lipinski definition) is 4. The van der Waals surface area contributed by atoms with Crippen LogP contribution >= 0.6 is 0 Å². The van der Waals surface area contributed by atoms with Crippen molar-refractivity contribution in [2.75, 3.05) is 0 Å². The van der Waals surface area contributed by atoms with Gasteiger partial charge in [-0.2, -0.15) is 0 Å². The van der Waals surface area contributed by atoms with Crippen LogP contribution in [0, 0.1) is 10.1 Å². The summed E-state index contributed by atoms with van der Waals surface area (Å²) in [6, 6.07) is 7.09. The van der Waals surface area contributed by atoms with Crippen LogP contribution in [0.15, 0.2) is 41.0 Å². The smallest absolute Gasteiger partial charge is 0.372 e. The Bertz CT molecular complexity index is 570. The van der Waals surface area contributed by atoms with Crippen LogP contribution in [0.4, 0.5) is 5.69 Å². The van der Waals surface area contributed by atoms with Gasteiger partial charge in [0.05, 0.1) is 11.2 Å². The Balaban J connectivity index is 2.43. The van der Waals surface area contributed by atoms with Crippen LogP contribution in [0.5, 0.6) is 0 Å². The maximum atomic E-state index is 10.8. The average molecular weight is 233 g/mol. The van der Waals surface area contributed by atoms with E-state index in [1.807, 2.05) is 0 Å². The fourth-order valence-corrected chi connectivity index (χ4v) is 1.46. The summed E-state index contributed by atoms with van der Waals surface area (Å²) in [6.45, 7) is 0. The molecule has 0 aliphatic carbocycles. The van der Waals surface area contributed by atoms with Crippen molar-refractivity contribution in [1.82, 2.24) is 0 Å². The van der Waals surface area contributed by atoms with Crippen LogP contribution < -0.4 is 0 Å². The molecule has 2 aromatic rings. The first kappa shape index (κ1) is 10.9. The zero-order valence-electron chi connectivity index (χ0n) is 8.49. The van der Waals surface area contributed by atoms with Crippen molar-refractivity contribution in [2.45, 2.75) is 0 Å². The number of carboxylic acids is 1. The predicted octanol–water partition coefficient (Wildman–Crippen LogP) is 2.55. The van der Waals surface area contributed by atoms with Crippen LogP contribution in [0.2, 0.25) is 0 Å². The molecule has 17 heavy (non-hydrogen) atoms. The second-order valence-corrected chi connectivity index (χ2v) is 3.27. The number of nitrogens with zero attached hydrogens (tertiary/aromatic N) is 1. The molecule has 6 nitrogen and oxygen atoms in total. The number of carboxylic acid groups (broad SMARTS) is 1. The van der Waals surface area contributed by atoms with Crippen molar-refractivity contribution >= 4 is 11.7 Å². The lowest BCUT2D eigenvalue weighted by Crippen LogP contribution is -1.96. The van der Waals surface area contributed by atoms with E-state index in [1.165, 1.54) is 36.6 Å². The lowest BCUT2D eigenvalue weighted by molar-refractivity contribution is -0.384. The molecule has 0 spiro atoms. The standard InChI is InChI=1S/C11H7NO5/c13-11(14)10-9(5-6-17-10)7-1-3-8(4-2-7)12(15)16/h1-6H,(H,13,14). The highest BCUT2D eigenvalue weighted by Gasteiger charge is 2.16. The summed E-state index contributed by atoms with van der Waals surface area (Å²) in [6.07, 6.45) is 1.26. The third-order valence-corrected chi connectivity index (χ3v) is 2.25. The van der Waals surface area contributed by atoms with Gasteiger partial charge in [0.15, 0.2) is 0 Å². The zero-order valence-corrected chi connectivity index (χ0v) is 8.49. The summed E-state index contributed by atoms with van der Waals surface area (Å²) in [7, 11) is 0. The van der Waals surface area contributed by atoms with Crippen LogP contribution in [0.1, 0.15) is 10.6 Å². The molecule has 0 bridgehead atoms. The molecule has 1 N–H and O–H groups in total. The lowest BCUT2D eigenvalue weighted by atomic mass is 10.1. The van der Waals surface area contributed by atoms with Gasteiger partial charge in [0.25, 0.3) is 5.69 Å². The Labute approximate surface area is 95.3 Å². The second kappa shape index (κ2) is 4.09. The number of nitro benzene ring substituents is 1. The topological polar surface area (TPSA) is 93.6 Å². The molecule has 0 radical (unpaired) electrons. The molecular formula is C11H7NO5. The van der Waals surface area contributed by atoms with Gasteiger partial charge in [-0.15, -0.1) is 0 Å². The van der Waals surface area contributed by atoms with E-state index in [2.05, 4.69) is 0 Å². The van der Waals surface area contributed by atoms with E-state index in [9.17, 15) is 14.9 Å². The van der Waals surface area contributed by atoms with Crippen molar-refractivity contribution < 1.29 is 19.2 Å². The third-order valence-electron chi connectivity index (χ3n) is 2.25. The van der Waals surface area contributed by atoms with Crippen molar-refractivity contribution in [3.05, 3.63) is 52.5 Å². The van der Waals surface area contributed by atoms with Gasteiger partial charge in [0, 0.05) is 17.7 Å². The van der Waals surface area contributed by atoms with E-state index in [0.29, 0.717) is 11.1 Å². The molecular weight excluding hydrogens is 226 g/mol. The first-order valence-corrected chi connectivity index (χ1v) is 4.65. The molecule has 0 unspecified atom stereocenters. The molecule has 1 aromatic heterocycles. The molecule has 1 heterocycles. The fourth-order valence-electron chi connectivity index (χ4n) is 1.46. The number of nitro groups is 1. The molecule has 1 aromatic carbocycles. The minimum absolute atomic E-state index is 0.0471. The van der Waals surface area contributed by atoms with Crippen molar-refractivity contribution in [2.24, 2.45) is 0 Å². The third kappa shape index (κ3) is 2.00. The highest BCUT2D eigenvalue weighted by Crippen LogP contribution is 2.26. The second-order valence-electron chi connectivity index (χ2n) is 3.27. The minimum Gasteiger partial charge on any atom is -0.475 e. The number of carbonyl (C=O) groups is 1. The predicted molar refractivity (Wildman–Crippen MR) is 57.8 cm³/mol. The van der Waals surface area contributed by atoms with E-state index in [-0.39, 0.29) is 11.4 Å². The van der Waals surface area contributed by atoms with Crippen LogP contribution in [0.3, 0.4) is 0 Å². The maximum absolute atomic E-state index is 10.8. The van der Waals surface area contributed by atoms with Crippen molar-refractivity contribution in [3.8, 4) is 11.1 Å². The molecule has 0 fully saturated rings. The van der Waals surface area contributed by atoms with Gasteiger partial charge in [-0.1, -0.05) is 0 Å². The number of benzene rings is 1. The number of furan rings is 1. The molecule has 0 atom stereocenters. The highest BCUT2D eigenvalue weighted by molar-refractivity contribution is 5.93. The van der Waals surface area contributed by atoms with E-state index in [4.69, 9.17) is 9.52 Å². The Morgan fingerprint density at radius 3 is 2.41 bits per heavy atom. The van der Waals surface area contributed by atoms with Crippen LogP contribution in [-0.2, 0) is 0 Å². The number of hydrogen-bond donors (Lipinski definition) is 1. The van der Waals surface area contributed by atoms with E-state index in [1.54, 1.807) is 0 Å². The van der Waals surface area contributed by atoms with Gasteiger partial charge in [-0.05, 0) is 23.8 Å². The van der Waals surface area contributed by atoms with Crippen molar-refractivity contribution in [1.29, 1.82) is 0 Å². The SMILES string of the molecule is O=C(O)c1occc1-c1ccc([N+](=O)[O-])cc1. The molecule has 0 aliphatic rings. The Morgan fingerprint density at radius 2 is 1.88 bits per heavy atom. The van der Waals surface area contributed by atoms with Gasteiger partial charge in [-0.25, -0.2) is 4.79 Å².